The summed E-state index contributed by atoms with van der Waals surface area (Å²) in [6, 6.07) is 24.3. The SMILES string of the molecule is COc1ccc(C(=O)Oc2ccc(C=NNC(=O)c3[nH]c4c(OC)cccc4c3-c3ccccc3Cl)cc2OC)cc1. The second-order valence-corrected chi connectivity index (χ2v) is 9.37. The van der Waals surface area contributed by atoms with Crippen molar-refractivity contribution in [3.05, 3.63) is 107 Å². The Morgan fingerprint density at radius 2 is 1.60 bits per heavy atom. The van der Waals surface area contributed by atoms with Gasteiger partial charge in [0.25, 0.3) is 5.91 Å². The molecule has 5 rings (SSSR count). The molecule has 10 heteroatoms. The number of aromatic nitrogens is 1. The number of halogens is 1. The van der Waals surface area contributed by atoms with E-state index >= 15 is 0 Å². The predicted molar refractivity (Wildman–Crippen MR) is 161 cm³/mol. The summed E-state index contributed by atoms with van der Waals surface area (Å²) in [5, 5.41) is 5.41. The minimum Gasteiger partial charge on any atom is -0.497 e. The smallest absolute Gasteiger partial charge is 0.343 e. The van der Waals surface area contributed by atoms with Gasteiger partial charge in [0, 0.05) is 21.5 Å². The van der Waals surface area contributed by atoms with Gasteiger partial charge in [0.05, 0.1) is 38.6 Å². The van der Waals surface area contributed by atoms with Gasteiger partial charge in [-0.1, -0.05) is 41.9 Å². The van der Waals surface area contributed by atoms with E-state index in [-0.39, 0.29) is 11.4 Å². The van der Waals surface area contributed by atoms with Gasteiger partial charge in [0.15, 0.2) is 11.5 Å². The van der Waals surface area contributed by atoms with Gasteiger partial charge in [-0.2, -0.15) is 5.10 Å². The molecule has 0 saturated heterocycles. The summed E-state index contributed by atoms with van der Waals surface area (Å²) in [6.45, 7) is 0. The molecule has 4 aromatic carbocycles. The number of ether oxygens (including phenoxy) is 4. The number of nitrogens with one attached hydrogen (secondary N) is 2. The Kier molecular flexibility index (Phi) is 8.40. The molecular formula is C32H26ClN3O6. The number of hydrogen-bond donors (Lipinski definition) is 2. The normalized spacial score (nSPS) is 11.0. The Morgan fingerprint density at radius 1 is 0.833 bits per heavy atom. The monoisotopic (exact) mass is 583 g/mol. The number of esters is 1. The summed E-state index contributed by atoms with van der Waals surface area (Å²) in [7, 11) is 4.57. The van der Waals surface area contributed by atoms with Crippen LogP contribution < -0.4 is 24.4 Å². The quantitative estimate of drug-likeness (QED) is 0.0887. The van der Waals surface area contributed by atoms with Gasteiger partial charge >= 0.3 is 5.97 Å². The highest BCUT2D eigenvalue weighted by Gasteiger charge is 2.22. The highest BCUT2D eigenvalue weighted by Crippen LogP contribution is 2.39. The van der Waals surface area contributed by atoms with Crippen LogP contribution in [0.1, 0.15) is 26.4 Å². The van der Waals surface area contributed by atoms with Crippen LogP contribution in [0.25, 0.3) is 22.0 Å². The molecule has 42 heavy (non-hydrogen) atoms. The fourth-order valence-corrected chi connectivity index (χ4v) is 4.66. The van der Waals surface area contributed by atoms with Crippen LogP contribution in [0.5, 0.6) is 23.0 Å². The summed E-state index contributed by atoms with van der Waals surface area (Å²) >= 11 is 6.52. The third-order valence-electron chi connectivity index (χ3n) is 6.48. The lowest BCUT2D eigenvalue weighted by Crippen LogP contribution is -2.19. The number of nitrogens with zero attached hydrogens (tertiary/aromatic N) is 1. The maximum absolute atomic E-state index is 13.4. The Labute approximate surface area is 246 Å². The maximum atomic E-state index is 13.4. The molecule has 1 heterocycles. The second kappa shape index (κ2) is 12.5. The van der Waals surface area contributed by atoms with E-state index < -0.39 is 11.9 Å². The van der Waals surface area contributed by atoms with Crippen LogP contribution in [0.4, 0.5) is 0 Å². The number of H-pyrrole nitrogens is 1. The van der Waals surface area contributed by atoms with Crippen LogP contribution in [0.3, 0.4) is 0 Å². The van der Waals surface area contributed by atoms with E-state index in [1.165, 1.54) is 13.3 Å². The Bertz CT molecular complexity index is 1800. The molecule has 0 bridgehead atoms. The van der Waals surface area contributed by atoms with E-state index in [1.54, 1.807) is 68.8 Å². The molecule has 0 radical (unpaired) electrons. The molecule has 0 aliphatic rings. The van der Waals surface area contributed by atoms with Crippen LogP contribution in [0.15, 0.2) is 90.0 Å². The number of methoxy groups -OCH3 is 3. The lowest BCUT2D eigenvalue weighted by Gasteiger charge is -2.10. The zero-order valence-corrected chi connectivity index (χ0v) is 23.7. The number of rotatable bonds is 9. The minimum atomic E-state index is -0.547. The van der Waals surface area contributed by atoms with E-state index in [4.69, 9.17) is 30.5 Å². The van der Waals surface area contributed by atoms with Crippen molar-refractivity contribution in [2.24, 2.45) is 5.10 Å². The first-order valence-electron chi connectivity index (χ1n) is 12.7. The molecule has 2 N–H and O–H groups in total. The molecule has 0 aliphatic carbocycles. The van der Waals surface area contributed by atoms with E-state index in [2.05, 4.69) is 15.5 Å². The van der Waals surface area contributed by atoms with Gasteiger partial charge in [-0.05, 0) is 60.2 Å². The van der Waals surface area contributed by atoms with E-state index in [1.807, 2.05) is 30.3 Å². The Balaban J connectivity index is 1.36. The third kappa shape index (κ3) is 5.77. The lowest BCUT2D eigenvalue weighted by atomic mass is 10.0. The van der Waals surface area contributed by atoms with Crippen molar-refractivity contribution >= 4 is 40.6 Å². The van der Waals surface area contributed by atoms with Gasteiger partial charge in [-0.25, -0.2) is 10.2 Å². The highest BCUT2D eigenvalue weighted by atomic mass is 35.5. The number of fused-ring (bicyclic) bond motifs is 1. The molecule has 0 spiro atoms. The standard InChI is InChI=1S/C32H26ClN3O6/c1-39-21-14-12-20(13-15-21)32(38)42-25-16-11-19(17-27(25)41-3)18-34-36-31(37)30-28(22-7-4-5-9-24(22)33)23-8-6-10-26(40-2)29(23)35-30/h4-18,35H,1-3H3,(H,36,37). The van der Waals surface area contributed by atoms with Gasteiger partial charge in [-0.15, -0.1) is 0 Å². The first-order chi connectivity index (χ1) is 20.4. The first kappa shape index (κ1) is 28.3. The van der Waals surface area contributed by atoms with Crippen LogP contribution in [0, 0.1) is 0 Å². The summed E-state index contributed by atoms with van der Waals surface area (Å²) in [5.41, 5.74) is 5.79. The van der Waals surface area contributed by atoms with Crippen molar-refractivity contribution in [1.82, 2.24) is 10.4 Å². The molecule has 9 nitrogen and oxygen atoms in total. The number of benzene rings is 4. The van der Waals surface area contributed by atoms with Crippen LogP contribution in [0.2, 0.25) is 5.02 Å². The number of para-hydroxylation sites is 1. The van der Waals surface area contributed by atoms with Crippen molar-refractivity contribution in [1.29, 1.82) is 0 Å². The molecule has 5 aromatic rings. The zero-order chi connectivity index (χ0) is 29.6. The number of carbonyl (C=O) groups excluding carboxylic acids is 2. The van der Waals surface area contributed by atoms with E-state index in [9.17, 15) is 9.59 Å². The lowest BCUT2D eigenvalue weighted by molar-refractivity contribution is 0.0729. The van der Waals surface area contributed by atoms with Gasteiger partial charge < -0.3 is 23.9 Å². The number of carbonyl (C=O) groups is 2. The fourth-order valence-electron chi connectivity index (χ4n) is 4.43. The average molecular weight is 584 g/mol. The Morgan fingerprint density at radius 3 is 2.31 bits per heavy atom. The molecule has 212 valence electrons. The van der Waals surface area contributed by atoms with Crippen molar-refractivity contribution in [2.75, 3.05) is 21.3 Å². The van der Waals surface area contributed by atoms with Crippen molar-refractivity contribution in [3.8, 4) is 34.1 Å². The van der Waals surface area contributed by atoms with Crippen LogP contribution in [-0.4, -0.2) is 44.4 Å². The van der Waals surface area contributed by atoms with E-state index in [0.717, 1.165) is 5.39 Å². The molecule has 0 atom stereocenters. The van der Waals surface area contributed by atoms with Crippen molar-refractivity contribution < 1.29 is 28.5 Å². The molecule has 0 saturated carbocycles. The molecule has 1 amide bonds. The largest absolute Gasteiger partial charge is 0.497 e. The number of amides is 1. The molecule has 0 fully saturated rings. The summed E-state index contributed by atoms with van der Waals surface area (Å²) in [4.78, 5) is 29.1. The molecular weight excluding hydrogens is 558 g/mol. The van der Waals surface area contributed by atoms with Gasteiger partial charge in [-0.3, -0.25) is 4.79 Å². The fraction of sp³-hybridized carbons (Fsp3) is 0.0938. The topological polar surface area (TPSA) is 111 Å². The molecule has 0 unspecified atom stereocenters. The summed E-state index contributed by atoms with van der Waals surface area (Å²) < 4.78 is 21.5. The average Bonchev–Trinajstić information content (AvgIpc) is 3.41. The number of hydrogen-bond acceptors (Lipinski definition) is 7. The van der Waals surface area contributed by atoms with Crippen molar-refractivity contribution in [2.45, 2.75) is 0 Å². The number of hydrazone groups is 1. The number of aromatic amines is 1. The van der Waals surface area contributed by atoms with Gasteiger partial charge in [0.2, 0.25) is 0 Å². The van der Waals surface area contributed by atoms with Gasteiger partial charge in [0.1, 0.15) is 17.2 Å². The van der Waals surface area contributed by atoms with Crippen LogP contribution >= 0.6 is 11.6 Å². The Hall–Kier alpha value is -5.28. The highest BCUT2D eigenvalue weighted by molar-refractivity contribution is 6.34. The molecule has 1 aromatic heterocycles. The zero-order valence-electron chi connectivity index (χ0n) is 22.9. The summed E-state index contributed by atoms with van der Waals surface area (Å²) in [5.74, 6) is 0.740. The molecule has 0 aliphatic heterocycles. The van der Waals surface area contributed by atoms with Crippen LogP contribution in [-0.2, 0) is 0 Å². The maximum Gasteiger partial charge on any atom is 0.343 e. The minimum absolute atomic E-state index is 0.232. The first-order valence-corrected chi connectivity index (χ1v) is 13.1. The summed E-state index contributed by atoms with van der Waals surface area (Å²) in [6.07, 6.45) is 1.45. The predicted octanol–water partition coefficient (Wildman–Crippen LogP) is 6.50. The van der Waals surface area contributed by atoms with Crippen molar-refractivity contribution in [3.63, 3.8) is 0 Å². The third-order valence-corrected chi connectivity index (χ3v) is 6.81. The van der Waals surface area contributed by atoms with E-state index in [0.29, 0.717) is 50.0 Å². The second-order valence-electron chi connectivity index (χ2n) is 8.97.